The van der Waals surface area contributed by atoms with E-state index in [4.69, 9.17) is 0 Å². The molecule has 2 heterocycles. The highest BCUT2D eigenvalue weighted by Crippen LogP contribution is 2.23. The van der Waals surface area contributed by atoms with Crippen LogP contribution in [0.15, 0.2) is 34.1 Å². The van der Waals surface area contributed by atoms with Crippen LogP contribution in [-0.4, -0.2) is 14.8 Å². The summed E-state index contributed by atoms with van der Waals surface area (Å²) in [5.74, 6) is 0. The van der Waals surface area contributed by atoms with Crippen LogP contribution in [0.2, 0.25) is 0 Å². The number of thiophene rings is 1. The molecule has 0 saturated heterocycles. The molecule has 3 nitrogen and oxygen atoms in total. The van der Waals surface area contributed by atoms with Gasteiger partial charge >= 0.3 is 0 Å². The van der Waals surface area contributed by atoms with Crippen molar-refractivity contribution in [1.29, 1.82) is 0 Å². The average Bonchev–Trinajstić information content (AvgIpc) is 2.71. The van der Waals surface area contributed by atoms with Crippen molar-refractivity contribution in [2.75, 3.05) is 0 Å². The number of rotatable bonds is 4. The summed E-state index contributed by atoms with van der Waals surface area (Å²) < 4.78 is 1.69. The van der Waals surface area contributed by atoms with E-state index in [9.17, 15) is 4.79 Å². The largest absolute Gasteiger partial charge is 0.283 e. The number of allylic oxidation sites excluding steroid dienone is 1. The molecule has 0 radical (unpaired) electrons. The Morgan fingerprint density at radius 1 is 1.65 bits per heavy atom. The molecular formula is C12H14N2OS2. The molecule has 0 aliphatic carbocycles. The Morgan fingerprint density at radius 2 is 2.41 bits per heavy atom. The molecule has 0 saturated carbocycles. The minimum absolute atomic E-state index is 0.0271. The number of nitrogens with zero attached hydrogens (tertiary/aromatic N) is 2. The van der Waals surface area contributed by atoms with Crippen LogP contribution in [0.25, 0.3) is 10.2 Å². The fraction of sp³-hybridized carbons (Fsp3) is 0.333. The van der Waals surface area contributed by atoms with Gasteiger partial charge in [0.05, 0.1) is 5.39 Å². The lowest BCUT2D eigenvalue weighted by atomic mass is 10.4. The highest BCUT2D eigenvalue weighted by Gasteiger charge is 2.12. The first-order valence-electron chi connectivity index (χ1n) is 5.39. The summed E-state index contributed by atoms with van der Waals surface area (Å²) >= 11 is 3.11. The summed E-state index contributed by atoms with van der Waals surface area (Å²) in [6.07, 6.45) is 1.73. The molecular weight excluding hydrogens is 252 g/mol. The van der Waals surface area contributed by atoms with E-state index >= 15 is 0 Å². The van der Waals surface area contributed by atoms with Gasteiger partial charge in [0.25, 0.3) is 5.56 Å². The number of hydrogen-bond acceptors (Lipinski definition) is 4. The third-order valence-electron chi connectivity index (χ3n) is 2.20. The molecule has 0 amide bonds. The lowest BCUT2D eigenvalue weighted by Crippen LogP contribution is -2.22. The summed E-state index contributed by atoms with van der Waals surface area (Å²) in [6.45, 7) is 8.38. The number of aromatic nitrogens is 2. The molecule has 0 fully saturated rings. The van der Waals surface area contributed by atoms with Crippen LogP contribution in [-0.2, 0) is 6.54 Å². The van der Waals surface area contributed by atoms with E-state index in [-0.39, 0.29) is 5.56 Å². The van der Waals surface area contributed by atoms with Crippen LogP contribution in [0.5, 0.6) is 0 Å². The predicted molar refractivity (Wildman–Crippen MR) is 75.1 cm³/mol. The highest BCUT2D eigenvalue weighted by atomic mass is 32.2. The zero-order valence-corrected chi connectivity index (χ0v) is 11.5. The van der Waals surface area contributed by atoms with E-state index < -0.39 is 0 Å². The third-order valence-corrected chi connectivity index (χ3v) is 4.00. The Kier molecular flexibility index (Phi) is 3.69. The van der Waals surface area contributed by atoms with Gasteiger partial charge in [-0.25, -0.2) is 4.98 Å². The van der Waals surface area contributed by atoms with Crippen molar-refractivity contribution < 1.29 is 0 Å². The standard InChI is InChI=1S/C12H14N2OS2/c1-4-6-14-11(15)9-5-7-16-10(9)13-12(14)17-8(2)3/h4-5,7-8H,1,6H2,2-3H3. The van der Waals surface area contributed by atoms with Gasteiger partial charge in [0.1, 0.15) is 4.83 Å². The zero-order valence-electron chi connectivity index (χ0n) is 9.84. The highest BCUT2D eigenvalue weighted by molar-refractivity contribution is 7.99. The molecule has 17 heavy (non-hydrogen) atoms. The van der Waals surface area contributed by atoms with Gasteiger partial charge in [-0.3, -0.25) is 9.36 Å². The van der Waals surface area contributed by atoms with Gasteiger partial charge in [0, 0.05) is 11.8 Å². The first-order valence-corrected chi connectivity index (χ1v) is 7.15. The van der Waals surface area contributed by atoms with Crippen LogP contribution in [0, 0.1) is 0 Å². The van der Waals surface area contributed by atoms with Crippen molar-refractivity contribution in [3.8, 4) is 0 Å². The topological polar surface area (TPSA) is 34.9 Å². The summed E-state index contributed by atoms with van der Waals surface area (Å²) in [5.41, 5.74) is 0.0271. The average molecular weight is 266 g/mol. The van der Waals surface area contributed by atoms with Crippen molar-refractivity contribution in [2.24, 2.45) is 0 Å². The molecule has 0 aromatic carbocycles. The molecule has 0 bridgehead atoms. The van der Waals surface area contributed by atoms with Gasteiger partial charge in [-0.2, -0.15) is 0 Å². The molecule has 0 aliphatic rings. The number of hydrogen-bond donors (Lipinski definition) is 0. The lowest BCUT2D eigenvalue weighted by Gasteiger charge is -2.11. The molecule has 0 atom stereocenters. The molecule has 2 aromatic heterocycles. The monoisotopic (exact) mass is 266 g/mol. The Bertz CT molecular complexity index is 598. The van der Waals surface area contributed by atoms with Gasteiger partial charge in [0.15, 0.2) is 5.16 Å². The SMILES string of the molecule is C=CCn1c(SC(C)C)nc2sccc2c1=O. The van der Waals surface area contributed by atoms with Crippen molar-refractivity contribution in [3.63, 3.8) is 0 Å². The van der Waals surface area contributed by atoms with Crippen molar-refractivity contribution in [2.45, 2.75) is 30.8 Å². The second kappa shape index (κ2) is 5.06. The molecule has 0 aliphatic heterocycles. The number of fused-ring (bicyclic) bond motifs is 1. The first-order chi connectivity index (χ1) is 8.13. The Hall–Kier alpha value is -1.07. The summed E-state index contributed by atoms with van der Waals surface area (Å²) in [7, 11) is 0. The predicted octanol–water partition coefficient (Wildman–Crippen LogP) is 3.14. The van der Waals surface area contributed by atoms with Gasteiger partial charge in [0.2, 0.25) is 0 Å². The fourth-order valence-corrected chi connectivity index (χ4v) is 3.18. The fourth-order valence-electron chi connectivity index (χ4n) is 1.52. The zero-order chi connectivity index (χ0) is 12.4. The van der Waals surface area contributed by atoms with Crippen molar-refractivity contribution in [3.05, 3.63) is 34.5 Å². The lowest BCUT2D eigenvalue weighted by molar-refractivity contribution is 0.671. The quantitative estimate of drug-likeness (QED) is 0.484. The van der Waals surface area contributed by atoms with E-state index in [1.807, 2.05) is 11.4 Å². The van der Waals surface area contributed by atoms with E-state index in [2.05, 4.69) is 25.4 Å². The Labute approximate surface area is 108 Å². The summed E-state index contributed by atoms with van der Waals surface area (Å²) in [5, 5.41) is 3.78. The minimum atomic E-state index is 0.0271. The van der Waals surface area contributed by atoms with Gasteiger partial charge < -0.3 is 0 Å². The van der Waals surface area contributed by atoms with E-state index in [0.717, 1.165) is 9.99 Å². The third kappa shape index (κ3) is 2.45. The summed E-state index contributed by atoms with van der Waals surface area (Å²) in [4.78, 5) is 17.6. The maximum Gasteiger partial charge on any atom is 0.263 e. The molecule has 5 heteroatoms. The maximum absolute atomic E-state index is 12.3. The second-order valence-corrected chi connectivity index (χ2v) is 6.34. The molecule has 2 aromatic rings. The summed E-state index contributed by atoms with van der Waals surface area (Å²) in [6, 6.07) is 1.83. The van der Waals surface area contributed by atoms with Gasteiger partial charge in [-0.15, -0.1) is 17.9 Å². The first kappa shape index (κ1) is 12.4. The van der Waals surface area contributed by atoms with Gasteiger partial charge in [-0.1, -0.05) is 31.7 Å². The van der Waals surface area contributed by atoms with E-state index in [1.54, 1.807) is 22.4 Å². The van der Waals surface area contributed by atoms with Gasteiger partial charge in [-0.05, 0) is 11.4 Å². The van der Waals surface area contributed by atoms with Crippen LogP contribution < -0.4 is 5.56 Å². The van der Waals surface area contributed by atoms with Crippen LogP contribution >= 0.6 is 23.1 Å². The van der Waals surface area contributed by atoms with E-state index in [0.29, 0.717) is 17.2 Å². The molecule has 0 unspecified atom stereocenters. The molecule has 2 rings (SSSR count). The number of thioether (sulfide) groups is 1. The van der Waals surface area contributed by atoms with Crippen LogP contribution in [0.1, 0.15) is 13.8 Å². The molecule has 90 valence electrons. The van der Waals surface area contributed by atoms with Crippen molar-refractivity contribution >= 4 is 33.3 Å². The minimum Gasteiger partial charge on any atom is -0.283 e. The van der Waals surface area contributed by atoms with Crippen LogP contribution in [0.4, 0.5) is 0 Å². The van der Waals surface area contributed by atoms with Crippen LogP contribution in [0.3, 0.4) is 0 Å². The molecule has 0 spiro atoms. The normalized spacial score (nSPS) is 11.2. The second-order valence-electron chi connectivity index (χ2n) is 3.90. The molecule has 0 N–H and O–H groups in total. The Morgan fingerprint density at radius 3 is 3.06 bits per heavy atom. The van der Waals surface area contributed by atoms with E-state index in [1.165, 1.54) is 11.3 Å². The Balaban J connectivity index is 2.65. The maximum atomic E-state index is 12.3. The smallest absolute Gasteiger partial charge is 0.263 e. The van der Waals surface area contributed by atoms with Crippen molar-refractivity contribution in [1.82, 2.24) is 9.55 Å².